The van der Waals surface area contributed by atoms with Crippen LogP contribution in [0, 0.1) is 0 Å². The lowest BCUT2D eigenvalue weighted by Gasteiger charge is -2.34. The summed E-state index contributed by atoms with van der Waals surface area (Å²) in [5.41, 5.74) is 0. The third kappa shape index (κ3) is 7.45. The summed E-state index contributed by atoms with van der Waals surface area (Å²) < 4.78 is 36.1. The summed E-state index contributed by atoms with van der Waals surface area (Å²) in [5, 5.41) is 3.29. The van der Waals surface area contributed by atoms with Crippen LogP contribution in [0.5, 0.6) is 0 Å². The number of aliphatic imine (C=N–C) groups is 1. The molecule has 1 N–H and O–H groups in total. The van der Waals surface area contributed by atoms with Gasteiger partial charge in [0.1, 0.15) is 0 Å². The second-order valence-corrected chi connectivity index (χ2v) is 8.53. The van der Waals surface area contributed by atoms with Crippen molar-refractivity contribution in [3.8, 4) is 0 Å². The predicted octanol–water partition coefficient (Wildman–Crippen LogP) is 0.733. The normalized spacial score (nSPS) is 21.6. The highest BCUT2D eigenvalue weighted by Gasteiger charge is 2.28. The lowest BCUT2D eigenvalue weighted by atomic mass is 10.1. The fourth-order valence-electron chi connectivity index (χ4n) is 3.25. The molecule has 0 bridgehead atoms. The standard InChI is InChI=1S/C16H32N4O4S.HI/c1-17-16(18-7-11-20-8-3-14-25(20,21)22)19-9-5-15(6-10-19)24-13-4-12-23-2;/h15H,3-14H2,1-2H3,(H,17,18);1H. The summed E-state index contributed by atoms with van der Waals surface area (Å²) in [6.45, 7) is 5.00. The van der Waals surface area contributed by atoms with Gasteiger partial charge in [-0.25, -0.2) is 12.7 Å². The zero-order chi connectivity index (χ0) is 18.1. The maximum absolute atomic E-state index is 11.8. The van der Waals surface area contributed by atoms with Gasteiger partial charge >= 0.3 is 0 Å². The molecule has 2 aliphatic rings. The van der Waals surface area contributed by atoms with Crippen LogP contribution in [0.25, 0.3) is 0 Å². The Morgan fingerprint density at radius 1 is 1.23 bits per heavy atom. The van der Waals surface area contributed by atoms with Crippen LogP contribution < -0.4 is 5.32 Å². The van der Waals surface area contributed by atoms with Crippen molar-refractivity contribution in [2.75, 3.05) is 65.8 Å². The fraction of sp³-hybridized carbons (Fsp3) is 0.938. The average molecular weight is 504 g/mol. The molecule has 26 heavy (non-hydrogen) atoms. The van der Waals surface area contributed by atoms with Gasteiger partial charge in [-0.15, -0.1) is 24.0 Å². The first-order chi connectivity index (χ1) is 12.1. The van der Waals surface area contributed by atoms with Gasteiger partial charge in [0.25, 0.3) is 0 Å². The quantitative estimate of drug-likeness (QED) is 0.227. The van der Waals surface area contributed by atoms with Crippen molar-refractivity contribution in [2.24, 2.45) is 4.99 Å². The number of sulfonamides is 1. The number of methoxy groups -OCH3 is 1. The Hall–Kier alpha value is -0.170. The van der Waals surface area contributed by atoms with Gasteiger partial charge in [0.05, 0.1) is 11.9 Å². The second-order valence-electron chi connectivity index (χ2n) is 6.45. The highest BCUT2D eigenvalue weighted by atomic mass is 127. The van der Waals surface area contributed by atoms with E-state index in [0.717, 1.165) is 57.9 Å². The van der Waals surface area contributed by atoms with E-state index in [1.54, 1.807) is 18.5 Å². The smallest absolute Gasteiger partial charge is 0.214 e. The number of hydrogen-bond acceptors (Lipinski definition) is 5. The molecule has 0 saturated carbocycles. The third-order valence-electron chi connectivity index (χ3n) is 4.65. The summed E-state index contributed by atoms with van der Waals surface area (Å²) in [5.74, 6) is 1.12. The number of likely N-dealkylation sites (tertiary alicyclic amines) is 1. The van der Waals surface area contributed by atoms with Crippen molar-refractivity contribution < 1.29 is 17.9 Å². The average Bonchev–Trinajstić information content (AvgIpc) is 2.95. The van der Waals surface area contributed by atoms with Gasteiger partial charge in [0.2, 0.25) is 10.0 Å². The van der Waals surface area contributed by atoms with Crippen LogP contribution in [-0.2, 0) is 19.5 Å². The molecule has 0 atom stereocenters. The van der Waals surface area contributed by atoms with E-state index >= 15 is 0 Å². The number of guanidine groups is 1. The molecular weight excluding hydrogens is 471 g/mol. The van der Waals surface area contributed by atoms with Crippen molar-refractivity contribution >= 4 is 40.0 Å². The molecule has 0 amide bonds. The van der Waals surface area contributed by atoms with Crippen LogP contribution in [0.2, 0.25) is 0 Å². The highest BCUT2D eigenvalue weighted by Crippen LogP contribution is 2.15. The second kappa shape index (κ2) is 12.3. The number of rotatable bonds is 8. The van der Waals surface area contributed by atoms with E-state index in [-0.39, 0.29) is 29.7 Å². The minimum Gasteiger partial charge on any atom is -0.385 e. The number of piperidine rings is 1. The van der Waals surface area contributed by atoms with E-state index in [0.29, 0.717) is 25.7 Å². The third-order valence-corrected chi connectivity index (χ3v) is 6.60. The lowest BCUT2D eigenvalue weighted by Crippen LogP contribution is -2.48. The molecule has 2 heterocycles. The molecule has 154 valence electrons. The maximum atomic E-state index is 11.8. The summed E-state index contributed by atoms with van der Waals surface area (Å²) >= 11 is 0. The zero-order valence-electron chi connectivity index (χ0n) is 15.9. The van der Waals surface area contributed by atoms with Crippen LogP contribution in [0.3, 0.4) is 0 Å². The van der Waals surface area contributed by atoms with Gasteiger partial charge in [-0.1, -0.05) is 0 Å². The van der Waals surface area contributed by atoms with Crippen molar-refractivity contribution in [1.29, 1.82) is 0 Å². The van der Waals surface area contributed by atoms with E-state index in [9.17, 15) is 8.42 Å². The summed E-state index contributed by atoms with van der Waals surface area (Å²) in [6, 6.07) is 0. The molecule has 2 aliphatic heterocycles. The van der Waals surface area contributed by atoms with Gasteiger partial charge in [0, 0.05) is 60.1 Å². The minimum absolute atomic E-state index is 0. The van der Waals surface area contributed by atoms with Crippen molar-refractivity contribution in [3.05, 3.63) is 0 Å². The summed E-state index contributed by atoms with van der Waals surface area (Å²) in [4.78, 5) is 6.55. The topological polar surface area (TPSA) is 83.5 Å². The van der Waals surface area contributed by atoms with Gasteiger partial charge in [-0.3, -0.25) is 4.99 Å². The van der Waals surface area contributed by atoms with Crippen molar-refractivity contribution in [1.82, 2.24) is 14.5 Å². The molecule has 8 nitrogen and oxygen atoms in total. The summed E-state index contributed by atoms with van der Waals surface area (Å²) in [6.07, 6.45) is 3.93. The Bertz CT molecular complexity index is 524. The van der Waals surface area contributed by atoms with E-state index < -0.39 is 10.0 Å². The number of nitrogens with one attached hydrogen (secondary N) is 1. The van der Waals surface area contributed by atoms with Crippen molar-refractivity contribution in [2.45, 2.75) is 31.8 Å². The van der Waals surface area contributed by atoms with Crippen LogP contribution in [-0.4, -0.2) is 95.5 Å². The first-order valence-electron chi connectivity index (χ1n) is 9.11. The fourth-order valence-corrected chi connectivity index (χ4v) is 4.78. The molecule has 0 spiro atoms. The molecule has 2 rings (SSSR count). The van der Waals surface area contributed by atoms with Crippen LogP contribution in [0.4, 0.5) is 0 Å². The number of ether oxygens (including phenoxy) is 2. The monoisotopic (exact) mass is 504 g/mol. The van der Waals surface area contributed by atoms with Crippen LogP contribution in [0.1, 0.15) is 25.7 Å². The van der Waals surface area contributed by atoms with E-state index in [4.69, 9.17) is 9.47 Å². The Balaban J connectivity index is 0.00000338. The zero-order valence-corrected chi connectivity index (χ0v) is 19.0. The molecule has 0 aromatic heterocycles. The molecule has 10 heteroatoms. The molecule has 0 aliphatic carbocycles. The largest absolute Gasteiger partial charge is 0.385 e. The molecule has 0 aromatic carbocycles. The molecular formula is C16H33IN4O4S. The van der Waals surface area contributed by atoms with E-state index in [1.807, 2.05) is 0 Å². The maximum Gasteiger partial charge on any atom is 0.214 e. The SMILES string of the molecule is CN=C(NCCN1CCCS1(=O)=O)N1CCC(OCCCOC)CC1.I. The molecule has 0 aromatic rings. The number of hydrogen-bond donors (Lipinski definition) is 1. The summed E-state index contributed by atoms with van der Waals surface area (Å²) in [7, 11) is 0.448. The Morgan fingerprint density at radius 3 is 2.54 bits per heavy atom. The first-order valence-corrected chi connectivity index (χ1v) is 10.7. The molecule has 2 fully saturated rings. The Labute approximate surface area is 174 Å². The van der Waals surface area contributed by atoms with Crippen LogP contribution in [0.15, 0.2) is 4.99 Å². The van der Waals surface area contributed by atoms with Gasteiger partial charge in [-0.05, 0) is 25.7 Å². The Kier molecular flexibility index (Phi) is 11.3. The Morgan fingerprint density at radius 2 is 1.96 bits per heavy atom. The number of halogens is 1. The highest BCUT2D eigenvalue weighted by molar-refractivity contribution is 14.0. The molecule has 2 saturated heterocycles. The minimum atomic E-state index is -3.02. The van der Waals surface area contributed by atoms with E-state index in [1.165, 1.54) is 0 Å². The van der Waals surface area contributed by atoms with Crippen molar-refractivity contribution in [3.63, 3.8) is 0 Å². The lowest BCUT2D eigenvalue weighted by molar-refractivity contribution is 0.00991. The van der Waals surface area contributed by atoms with Gasteiger partial charge in [0.15, 0.2) is 5.96 Å². The number of nitrogens with zero attached hydrogens (tertiary/aromatic N) is 3. The molecule has 0 radical (unpaired) electrons. The van der Waals surface area contributed by atoms with E-state index in [2.05, 4.69) is 15.2 Å². The van der Waals surface area contributed by atoms with Gasteiger partial charge < -0.3 is 19.7 Å². The van der Waals surface area contributed by atoms with Crippen LogP contribution >= 0.6 is 24.0 Å². The first kappa shape index (κ1) is 23.9. The molecule has 0 unspecified atom stereocenters. The van der Waals surface area contributed by atoms with Gasteiger partial charge in [-0.2, -0.15) is 0 Å². The predicted molar refractivity (Wildman–Crippen MR) is 114 cm³/mol.